The molecule has 0 aliphatic carbocycles. The van der Waals surface area contributed by atoms with Crippen LogP contribution in [-0.4, -0.2) is 31.3 Å². The van der Waals surface area contributed by atoms with Crippen LogP contribution in [0, 0.1) is 11.6 Å². The number of carboxylic acid groups (broad SMARTS) is 1. The van der Waals surface area contributed by atoms with Crippen LogP contribution in [0.2, 0.25) is 0 Å². The normalized spacial score (nSPS) is 11.6. The van der Waals surface area contributed by atoms with Crippen molar-refractivity contribution in [1.82, 2.24) is 20.2 Å². The summed E-state index contributed by atoms with van der Waals surface area (Å²) in [6.45, 7) is 2.80. The van der Waals surface area contributed by atoms with Gasteiger partial charge < -0.3 is 5.11 Å². The molecule has 0 bridgehead atoms. The lowest BCUT2D eigenvalue weighted by molar-refractivity contribution is -0.146. The Kier molecular flexibility index (Phi) is 3.01. The second-order valence-electron chi connectivity index (χ2n) is 4.41. The monoisotopic (exact) mass is 268 g/mol. The Balaban J connectivity index is 2.56. The van der Waals surface area contributed by atoms with Gasteiger partial charge in [-0.05, 0) is 42.5 Å². The summed E-state index contributed by atoms with van der Waals surface area (Å²) >= 11 is 0. The van der Waals surface area contributed by atoms with Gasteiger partial charge in [0.05, 0.1) is 0 Å². The van der Waals surface area contributed by atoms with E-state index in [4.69, 9.17) is 5.11 Å². The van der Waals surface area contributed by atoms with Crippen molar-refractivity contribution < 1.29 is 18.7 Å². The Bertz CT molecular complexity index is 639. The molecule has 6 nitrogen and oxygen atoms in total. The van der Waals surface area contributed by atoms with Gasteiger partial charge in [-0.2, -0.15) is 0 Å². The predicted octanol–water partition coefficient (Wildman–Crippen LogP) is 1.44. The number of carboxylic acids is 1. The zero-order valence-electron chi connectivity index (χ0n) is 10.1. The van der Waals surface area contributed by atoms with Crippen LogP contribution in [0.1, 0.15) is 13.8 Å². The predicted molar refractivity (Wildman–Crippen MR) is 60.1 cm³/mol. The van der Waals surface area contributed by atoms with Gasteiger partial charge in [-0.3, -0.25) is 0 Å². The molecule has 2 aromatic rings. The largest absolute Gasteiger partial charge is 0.479 e. The van der Waals surface area contributed by atoms with Crippen molar-refractivity contribution >= 4 is 5.97 Å². The fourth-order valence-electron chi connectivity index (χ4n) is 1.47. The van der Waals surface area contributed by atoms with Crippen LogP contribution in [0.3, 0.4) is 0 Å². The van der Waals surface area contributed by atoms with Crippen LogP contribution in [0.4, 0.5) is 8.78 Å². The van der Waals surface area contributed by atoms with Gasteiger partial charge in [-0.25, -0.2) is 18.3 Å². The fourth-order valence-corrected chi connectivity index (χ4v) is 1.47. The SMILES string of the molecule is CC(C)(C(=O)O)n1nnnc1-c1ccc(F)c(F)c1. The molecule has 1 aromatic carbocycles. The molecule has 1 N–H and O–H groups in total. The van der Waals surface area contributed by atoms with Crippen molar-refractivity contribution in [3.05, 3.63) is 29.8 Å². The first kappa shape index (κ1) is 13.1. The molecule has 1 aromatic heterocycles. The Labute approximate surface area is 106 Å². The van der Waals surface area contributed by atoms with E-state index < -0.39 is 23.1 Å². The molecule has 0 aliphatic heterocycles. The molecule has 0 saturated carbocycles. The van der Waals surface area contributed by atoms with Gasteiger partial charge in [0.15, 0.2) is 23.0 Å². The highest BCUT2D eigenvalue weighted by molar-refractivity contribution is 5.76. The van der Waals surface area contributed by atoms with Crippen molar-refractivity contribution in [2.24, 2.45) is 0 Å². The topological polar surface area (TPSA) is 80.9 Å². The molecule has 0 fully saturated rings. The molecule has 0 aliphatic rings. The summed E-state index contributed by atoms with van der Waals surface area (Å²) in [5.74, 6) is -3.16. The number of aliphatic carboxylic acids is 1. The molecule has 0 radical (unpaired) electrons. The third-order valence-corrected chi connectivity index (χ3v) is 2.70. The minimum absolute atomic E-state index is 0.0475. The van der Waals surface area contributed by atoms with Gasteiger partial charge in [0, 0.05) is 5.56 Å². The third-order valence-electron chi connectivity index (χ3n) is 2.70. The van der Waals surface area contributed by atoms with E-state index in [1.54, 1.807) is 0 Å². The van der Waals surface area contributed by atoms with Crippen LogP contribution in [-0.2, 0) is 10.3 Å². The molecular weight excluding hydrogens is 258 g/mol. The van der Waals surface area contributed by atoms with Gasteiger partial charge in [-0.1, -0.05) is 0 Å². The average molecular weight is 268 g/mol. The molecule has 0 atom stereocenters. The molecular formula is C11H10F2N4O2. The van der Waals surface area contributed by atoms with Crippen molar-refractivity contribution in [3.8, 4) is 11.4 Å². The van der Waals surface area contributed by atoms with E-state index in [1.165, 1.54) is 19.9 Å². The lowest BCUT2D eigenvalue weighted by atomic mass is 10.1. The number of tetrazole rings is 1. The highest BCUT2D eigenvalue weighted by Crippen LogP contribution is 2.24. The van der Waals surface area contributed by atoms with Crippen molar-refractivity contribution in [1.29, 1.82) is 0 Å². The minimum Gasteiger partial charge on any atom is -0.479 e. The molecule has 1 heterocycles. The average Bonchev–Trinajstić information content (AvgIpc) is 2.82. The zero-order chi connectivity index (χ0) is 14.2. The molecule has 0 saturated heterocycles. The summed E-state index contributed by atoms with van der Waals surface area (Å²) in [5, 5.41) is 19.8. The van der Waals surface area contributed by atoms with E-state index in [-0.39, 0.29) is 11.4 Å². The number of hydrogen-bond donors (Lipinski definition) is 1. The van der Waals surface area contributed by atoms with Gasteiger partial charge >= 0.3 is 5.97 Å². The van der Waals surface area contributed by atoms with Crippen molar-refractivity contribution in [2.45, 2.75) is 19.4 Å². The number of hydrogen-bond acceptors (Lipinski definition) is 4. The first-order valence-corrected chi connectivity index (χ1v) is 5.31. The summed E-state index contributed by atoms with van der Waals surface area (Å²) in [4.78, 5) is 11.2. The highest BCUT2D eigenvalue weighted by Gasteiger charge is 2.33. The number of nitrogens with zero attached hydrogens (tertiary/aromatic N) is 4. The lowest BCUT2D eigenvalue weighted by Gasteiger charge is -2.20. The van der Waals surface area contributed by atoms with E-state index in [9.17, 15) is 13.6 Å². The van der Waals surface area contributed by atoms with Gasteiger partial charge in [0.2, 0.25) is 0 Å². The van der Waals surface area contributed by atoms with Crippen LogP contribution in [0.5, 0.6) is 0 Å². The maximum Gasteiger partial charge on any atom is 0.331 e. The maximum absolute atomic E-state index is 13.2. The minimum atomic E-state index is -1.41. The van der Waals surface area contributed by atoms with Gasteiger partial charge in [-0.15, -0.1) is 5.10 Å². The smallest absolute Gasteiger partial charge is 0.331 e. The first-order chi connectivity index (χ1) is 8.84. The molecule has 100 valence electrons. The lowest BCUT2D eigenvalue weighted by Crippen LogP contribution is -2.37. The van der Waals surface area contributed by atoms with Crippen LogP contribution < -0.4 is 0 Å². The summed E-state index contributed by atoms with van der Waals surface area (Å²) in [6, 6.07) is 3.12. The number of carbonyl (C=O) groups is 1. The molecule has 19 heavy (non-hydrogen) atoms. The first-order valence-electron chi connectivity index (χ1n) is 5.31. The van der Waals surface area contributed by atoms with Gasteiger partial charge in [0.25, 0.3) is 0 Å². The van der Waals surface area contributed by atoms with E-state index in [0.29, 0.717) is 0 Å². The number of aromatic nitrogens is 4. The summed E-state index contributed by atoms with van der Waals surface area (Å²) in [6.07, 6.45) is 0. The van der Waals surface area contributed by atoms with E-state index in [2.05, 4.69) is 15.5 Å². The summed E-state index contributed by atoms with van der Waals surface area (Å²) < 4.78 is 27.1. The number of halogens is 2. The van der Waals surface area contributed by atoms with Gasteiger partial charge in [0.1, 0.15) is 0 Å². The van der Waals surface area contributed by atoms with E-state index in [1.807, 2.05) is 0 Å². The molecule has 0 unspecified atom stereocenters. The van der Waals surface area contributed by atoms with E-state index >= 15 is 0 Å². The van der Waals surface area contributed by atoms with Crippen LogP contribution in [0.15, 0.2) is 18.2 Å². The molecule has 0 spiro atoms. The quantitative estimate of drug-likeness (QED) is 0.910. The standard InChI is InChI=1S/C11H10F2N4O2/c1-11(2,10(18)19)17-9(14-15-16-17)6-3-4-7(12)8(13)5-6/h3-5H,1-2H3,(H,18,19). The Morgan fingerprint density at radius 1 is 1.32 bits per heavy atom. The Morgan fingerprint density at radius 3 is 2.58 bits per heavy atom. The molecule has 2 rings (SSSR count). The van der Waals surface area contributed by atoms with E-state index in [0.717, 1.165) is 16.8 Å². The zero-order valence-corrected chi connectivity index (χ0v) is 10.1. The molecule has 0 amide bonds. The number of benzene rings is 1. The second-order valence-corrected chi connectivity index (χ2v) is 4.41. The number of rotatable bonds is 3. The van der Waals surface area contributed by atoms with Crippen molar-refractivity contribution in [2.75, 3.05) is 0 Å². The molecule has 8 heteroatoms. The summed E-state index contributed by atoms with van der Waals surface area (Å²) in [7, 11) is 0. The third kappa shape index (κ3) is 2.16. The highest BCUT2D eigenvalue weighted by atomic mass is 19.2. The Morgan fingerprint density at radius 2 is 2.00 bits per heavy atom. The second kappa shape index (κ2) is 4.38. The van der Waals surface area contributed by atoms with Crippen molar-refractivity contribution in [3.63, 3.8) is 0 Å². The summed E-state index contributed by atoms with van der Waals surface area (Å²) in [5.41, 5.74) is -1.22. The fraction of sp³-hybridized carbons (Fsp3) is 0.273. The van der Waals surface area contributed by atoms with Crippen LogP contribution in [0.25, 0.3) is 11.4 Å². The van der Waals surface area contributed by atoms with Crippen LogP contribution >= 0.6 is 0 Å². The Hall–Kier alpha value is -2.38. The maximum atomic E-state index is 13.2.